The maximum atomic E-state index is 13.0. The van der Waals surface area contributed by atoms with Crippen LogP contribution in [0.4, 0.5) is 0 Å². The number of rotatable bonds is 20. The summed E-state index contributed by atoms with van der Waals surface area (Å²) in [5.74, 6) is -5.93. The molecule has 12 heterocycles. The average molecular weight is 1460 g/mol. The molecule has 36 atom stereocenters. The topological polar surface area (TPSA) is 389 Å². The highest BCUT2D eigenvalue weighted by molar-refractivity contribution is 5.82. The molecule has 12 saturated heterocycles. The summed E-state index contributed by atoms with van der Waals surface area (Å²) in [5.41, 5.74) is -2.87. The Morgan fingerprint density at radius 2 is 1.25 bits per heavy atom. The van der Waals surface area contributed by atoms with Crippen LogP contribution in [0.5, 0.6) is 0 Å². The van der Waals surface area contributed by atoms with Crippen molar-refractivity contribution in [1.82, 2.24) is 0 Å². The Kier molecular flexibility index (Phi) is 23.4. The van der Waals surface area contributed by atoms with Crippen LogP contribution in [-0.2, 0) is 123 Å². The standard InChI is InChI=1S/C69H98O33/c1-32-46(72)40(89-44(71)24-20-15-13-12-14-17-21-38-22-18-16-19-23-38)26-67(95-32)98-41-27-68(96-35(4)50(41)101-67)97-39-25-45(86-33(2)49(39)100-68)91-58-36(5)88-64(57(75)65(58,7)76)93-54-48(74)61(87-34(3)51(54)79-9)92-52-42(28-78-8)90-63(55(80-10)47(52)73)94-62-56(81-11)53-43(29-82-62)99-69(102-53)60-59(83-31-84-60)66(77,30-85-69)37(6)70/h12-24,32-37,39-43,45-64,70,72-77H,25-31H2,1-11H3. The molecular formula is C69H98O33. The molecule has 3 spiro atoms. The number of fused-ring (bicyclic) bond motifs is 5. The Morgan fingerprint density at radius 1 is 0.588 bits per heavy atom. The number of hydrogen-bond donors (Lipinski definition) is 7. The molecule has 13 rings (SSSR count). The lowest BCUT2D eigenvalue weighted by Crippen LogP contribution is -2.69. The van der Waals surface area contributed by atoms with E-state index in [9.17, 15) is 40.5 Å². The molecule has 0 aliphatic carbocycles. The van der Waals surface area contributed by atoms with E-state index in [0.717, 1.165) is 5.56 Å². The van der Waals surface area contributed by atoms with E-state index < -0.39 is 232 Å². The molecule has 0 amide bonds. The van der Waals surface area contributed by atoms with E-state index >= 15 is 0 Å². The molecule has 12 fully saturated rings. The number of benzene rings is 1. The molecule has 33 heteroatoms. The van der Waals surface area contributed by atoms with Crippen LogP contribution in [0.15, 0.2) is 72.9 Å². The van der Waals surface area contributed by atoms with Gasteiger partial charge in [-0.1, -0.05) is 72.9 Å². The van der Waals surface area contributed by atoms with Gasteiger partial charge in [-0.3, -0.25) is 0 Å². The lowest BCUT2D eigenvalue weighted by Gasteiger charge is -2.51. The summed E-state index contributed by atoms with van der Waals surface area (Å²) in [5, 5.41) is 81.7. The maximum absolute atomic E-state index is 13.0. The molecule has 1 aromatic rings. The number of allylic oxidation sites excluding steroid dienone is 6. The fourth-order valence-electron chi connectivity index (χ4n) is 15.8. The van der Waals surface area contributed by atoms with Gasteiger partial charge in [-0.15, -0.1) is 0 Å². The normalized spacial score (nSPS) is 50.6. The van der Waals surface area contributed by atoms with Gasteiger partial charge in [0.1, 0.15) is 128 Å². The fraction of sp³-hybridized carbons (Fsp3) is 0.783. The van der Waals surface area contributed by atoms with E-state index in [4.69, 9.17) is 118 Å². The van der Waals surface area contributed by atoms with Crippen LogP contribution in [0.25, 0.3) is 6.08 Å². The summed E-state index contributed by atoms with van der Waals surface area (Å²) in [6.07, 6.45) is -21.0. The first-order chi connectivity index (χ1) is 48.8. The van der Waals surface area contributed by atoms with Crippen molar-refractivity contribution >= 4 is 12.0 Å². The number of esters is 1. The minimum atomic E-state index is -2.11. The Balaban J connectivity index is 0.605. The molecular weight excluding hydrogens is 1360 g/mol. The lowest BCUT2D eigenvalue weighted by atomic mass is 9.85. The Bertz CT molecular complexity index is 3090. The fourth-order valence-corrected chi connectivity index (χ4v) is 15.8. The highest BCUT2D eigenvalue weighted by Gasteiger charge is 2.71. The van der Waals surface area contributed by atoms with Gasteiger partial charge in [0.05, 0.1) is 75.4 Å². The zero-order chi connectivity index (χ0) is 72.4. The van der Waals surface area contributed by atoms with Crippen LogP contribution in [-0.4, -0.2) is 316 Å². The van der Waals surface area contributed by atoms with Crippen LogP contribution in [0.2, 0.25) is 0 Å². The van der Waals surface area contributed by atoms with Gasteiger partial charge in [0.25, 0.3) is 11.9 Å². The van der Waals surface area contributed by atoms with Crippen LogP contribution >= 0.6 is 0 Å². The molecule has 33 nitrogen and oxygen atoms in total. The second-order valence-electron chi connectivity index (χ2n) is 28.1. The summed E-state index contributed by atoms with van der Waals surface area (Å²) in [6, 6.07) is 9.87. The van der Waals surface area contributed by atoms with Crippen molar-refractivity contribution in [3.05, 3.63) is 78.4 Å². The first kappa shape index (κ1) is 76.6. The monoisotopic (exact) mass is 1450 g/mol. The number of ether oxygens (including phenoxy) is 25. The molecule has 36 unspecified atom stereocenters. The molecule has 0 saturated carbocycles. The zero-order valence-electron chi connectivity index (χ0n) is 58.6. The van der Waals surface area contributed by atoms with E-state index in [1.165, 1.54) is 54.4 Å². The highest BCUT2D eigenvalue weighted by atomic mass is 17.0. The molecule has 0 bridgehead atoms. The van der Waals surface area contributed by atoms with E-state index in [0.29, 0.717) is 0 Å². The second kappa shape index (κ2) is 31.2. The Morgan fingerprint density at radius 3 is 1.98 bits per heavy atom. The molecule has 572 valence electrons. The van der Waals surface area contributed by atoms with Gasteiger partial charge in [-0.25, -0.2) is 4.79 Å². The van der Waals surface area contributed by atoms with E-state index in [-0.39, 0.29) is 39.3 Å². The average Bonchev–Trinajstić information content (AvgIpc) is 1.55. The third kappa shape index (κ3) is 14.9. The van der Waals surface area contributed by atoms with Crippen molar-refractivity contribution in [2.75, 3.05) is 55.1 Å². The smallest absolute Gasteiger partial charge is 0.331 e. The number of carbonyl (C=O) groups is 1. The van der Waals surface area contributed by atoms with Gasteiger partial charge in [0.15, 0.2) is 37.6 Å². The van der Waals surface area contributed by atoms with Gasteiger partial charge in [-0.2, -0.15) is 0 Å². The first-order valence-electron chi connectivity index (χ1n) is 34.8. The number of methoxy groups -OCH3 is 4. The third-order valence-corrected chi connectivity index (χ3v) is 21.1. The van der Waals surface area contributed by atoms with Gasteiger partial charge in [0.2, 0.25) is 0 Å². The lowest BCUT2D eigenvalue weighted by molar-refractivity contribution is -0.421. The minimum absolute atomic E-state index is 0.0199. The Hall–Kier alpha value is -3.59. The summed E-state index contributed by atoms with van der Waals surface area (Å²) in [6.45, 7) is 10.3. The summed E-state index contributed by atoms with van der Waals surface area (Å²) >= 11 is 0. The number of hydrogen-bond acceptors (Lipinski definition) is 33. The van der Waals surface area contributed by atoms with Crippen LogP contribution < -0.4 is 0 Å². The summed E-state index contributed by atoms with van der Waals surface area (Å²) in [4.78, 5) is 13.0. The Labute approximate surface area is 589 Å². The predicted octanol–water partition coefficient (Wildman–Crippen LogP) is -0.141. The number of carbonyl (C=O) groups excluding carboxylic acids is 1. The zero-order valence-corrected chi connectivity index (χ0v) is 58.6. The van der Waals surface area contributed by atoms with Gasteiger partial charge < -0.3 is 154 Å². The van der Waals surface area contributed by atoms with Gasteiger partial charge >= 0.3 is 11.9 Å². The van der Waals surface area contributed by atoms with Crippen molar-refractivity contribution in [2.45, 2.75) is 287 Å². The maximum Gasteiger partial charge on any atom is 0.331 e. The molecule has 12 aliphatic heterocycles. The largest absolute Gasteiger partial charge is 0.456 e. The van der Waals surface area contributed by atoms with Crippen LogP contribution in [0, 0.1) is 0 Å². The molecule has 102 heavy (non-hydrogen) atoms. The molecule has 7 N–H and O–H groups in total. The molecule has 1 aromatic carbocycles. The molecule has 0 aromatic heterocycles. The van der Waals surface area contributed by atoms with Crippen molar-refractivity contribution in [3.8, 4) is 0 Å². The minimum Gasteiger partial charge on any atom is -0.456 e. The van der Waals surface area contributed by atoms with E-state index in [1.807, 2.05) is 54.6 Å². The van der Waals surface area contributed by atoms with Crippen molar-refractivity contribution in [1.29, 1.82) is 0 Å². The summed E-state index contributed by atoms with van der Waals surface area (Å²) in [7, 11) is 5.50. The molecule has 0 radical (unpaired) electrons. The summed E-state index contributed by atoms with van der Waals surface area (Å²) < 4.78 is 155. The SMILES string of the molecule is COCC1OC(OC2OCC3OC4(OCC(O)(C(C)O)C5OCOC54)OC3C2OC)C(OC)C(O)C1OC1OC(C)C(OC)C(OC2OC(C)C(OC3CC4OC5(CC6OC7(CC(OC(=O)C=CC=CC=CC=Cc8ccccc8)C(O)C(C)O7)OC6C(C)O5)OC4C(C)O3)C(C)(O)C2O)C1O. The first-order valence-corrected chi connectivity index (χ1v) is 34.8. The van der Waals surface area contributed by atoms with Crippen LogP contribution in [0.1, 0.15) is 73.3 Å². The third-order valence-electron chi connectivity index (χ3n) is 21.1. The number of aliphatic hydroxyl groups is 7. The predicted molar refractivity (Wildman–Crippen MR) is 338 cm³/mol. The molecule has 12 aliphatic rings. The highest BCUT2D eigenvalue weighted by Crippen LogP contribution is 2.53. The number of aliphatic hydroxyl groups excluding tert-OH is 5. The van der Waals surface area contributed by atoms with Crippen molar-refractivity contribution in [3.63, 3.8) is 0 Å². The van der Waals surface area contributed by atoms with Crippen molar-refractivity contribution < 1.29 is 159 Å². The second-order valence-corrected chi connectivity index (χ2v) is 28.1. The van der Waals surface area contributed by atoms with Crippen LogP contribution in [0.3, 0.4) is 0 Å². The quantitative estimate of drug-likeness (QED) is 0.0507. The van der Waals surface area contributed by atoms with Gasteiger partial charge in [-0.05, 0) is 54.0 Å². The van der Waals surface area contributed by atoms with E-state index in [2.05, 4.69) is 0 Å². The van der Waals surface area contributed by atoms with Crippen molar-refractivity contribution in [2.24, 2.45) is 0 Å². The van der Waals surface area contributed by atoms with Gasteiger partial charge in [0, 0.05) is 40.9 Å². The van der Waals surface area contributed by atoms with E-state index in [1.54, 1.807) is 46.8 Å².